The van der Waals surface area contributed by atoms with Crippen molar-refractivity contribution in [2.24, 2.45) is 0 Å². The molecule has 0 saturated heterocycles. The standard InChI is InChI=1S/C28H30N4O5S/c1-18(31-17-19(25(33)30-20-10-11-20)16-23(27(31)35)26(34)29-3)21-8-7-9-24-22(21)12-15-32(24)38(36,37)28(2)13-5-4-6-14-28/h4-9,12-13,15-18,20H,10-11,14H2,1-3H3,(H,29,34)(H,30,33). The molecule has 2 amide bonds. The van der Waals surface area contributed by atoms with E-state index in [0.29, 0.717) is 22.9 Å². The van der Waals surface area contributed by atoms with Gasteiger partial charge in [0.1, 0.15) is 10.3 Å². The van der Waals surface area contributed by atoms with Gasteiger partial charge in [-0.05, 0) is 56.9 Å². The van der Waals surface area contributed by atoms with E-state index in [4.69, 9.17) is 0 Å². The van der Waals surface area contributed by atoms with Crippen LogP contribution in [-0.2, 0) is 10.0 Å². The molecule has 198 valence electrons. The third kappa shape index (κ3) is 4.28. The van der Waals surface area contributed by atoms with Gasteiger partial charge in [-0.25, -0.2) is 12.4 Å². The van der Waals surface area contributed by atoms with Crippen LogP contribution in [-0.4, -0.2) is 46.6 Å². The van der Waals surface area contributed by atoms with Crippen LogP contribution in [0.2, 0.25) is 0 Å². The van der Waals surface area contributed by atoms with Gasteiger partial charge in [0.2, 0.25) is 10.0 Å². The third-order valence-electron chi connectivity index (χ3n) is 7.35. The molecule has 2 N–H and O–H groups in total. The number of amides is 2. The molecular weight excluding hydrogens is 504 g/mol. The summed E-state index contributed by atoms with van der Waals surface area (Å²) in [5.41, 5.74) is 0.696. The van der Waals surface area contributed by atoms with Crippen LogP contribution in [0.3, 0.4) is 0 Å². The highest BCUT2D eigenvalue weighted by Crippen LogP contribution is 2.34. The smallest absolute Gasteiger partial charge is 0.264 e. The molecule has 5 rings (SSSR count). The number of allylic oxidation sites excluding steroid dienone is 3. The van der Waals surface area contributed by atoms with Crippen molar-refractivity contribution in [2.45, 2.75) is 49.9 Å². The van der Waals surface area contributed by atoms with Crippen molar-refractivity contribution < 1.29 is 18.0 Å². The number of hydrogen-bond donors (Lipinski definition) is 2. The van der Waals surface area contributed by atoms with Crippen molar-refractivity contribution in [3.63, 3.8) is 0 Å². The fourth-order valence-electron chi connectivity index (χ4n) is 4.82. The van der Waals surface area contributed by atoms with Gasteiger partial charge in [-0.15, -0.1) is 0 Å². The van der Waals surface area contributed by atoms with Crippen molar-refractivity contribution in [2.75, 3.05) is 7.05 Å². The molecule has 2 aliphatic carbocycles. The van der Waals surface area contributed by atoms with Crippen LogP contribution in [0.4, 0.5) is 0 Å². The molecule has 1 aromatic carbocycles. The van der Waals surface area contributed by atoms with Crippen molar-refractivity contribution in [3.05, 3.63) is 94.1 Å². The average Bonchev–Trinajstić information content (AvgIpc) is 3.61. The summed E-state index contributed by atoms with van der Waals surface area (Å²) in [7, 11) is -2.38. The molecule has 2 aromatic heterocycles. The molecule has 0 radical (unpaired) electrons. The van der Waals surface area contributed by atoms with Gasteiger partial charge in [0.05, 0.1) is 17.1 Å². The zero-order valence-electron chi connectivity index (χ0n) is 21.5. The molecule has 3 aromatic rings. The summed E-state index contributed by atoms with van der Waals surface area (Å²) >= 11 is 0. The second-order valence-corrected chi connectivity index (χ2v) is 12.3. The lowest BCUT2D eigenvalue weighted by Crippen LogP contribution is -2.37. The molecule has 10 heteroatoms. The Balaban J connectivity index is 1.61. The fraction of sp³-hybridized carbons (Fsp3) is 0.321. The Morgan fingerprint density at radius 3 is 2.55 bits per heavy atom. The lowest BCUT2D eigenvalue weighted by Gasteiger charge is -2.27. The normalized spacial score (nSPS) is 19.9. The summed E-state index contributed by atoms with van der Waals surface area (Å²) < 4.78 is 28.9. The summed E-state index contributed by atoms with van der Waals surface area (Å²) in [6, 6.07) is 7.83. The van der Waals surface area contributed by atoms with Gasteiger partial charge in [0.15, 0.2) is 0 Å². The highest BCUT2D eigenvalue weighted by Gasteiger charge is 2.38. The second-order valence-electron chi connectivity index (χ2n) is 10.1. The molecular formula is C28H30N4O5S. The Bertz CT molecular complexity index is 1680. The number of carbonyl (C=O) groups excluding carboxylic acids is 2. The van der Waals surface area contributed by atoms with E-state index in [1.165, 1.54) is 34.0 Å². The molecule has 2 heterocycles. The minimum absolute atomic E-state index is 0.107. The molecule has 9 nitrogen and oxygen atoms in total. The van der Waals surface area contributed by atoms with E-state index in [2.05, 4.69) is 10.6 Å². The molecule has 38 heavy (non-hydrogen) atoms. The van der Waals surface area contributed by atoms with Crippen LogP contribution in [0.5, 0.6) is 0 Å². The number of rotatable bonds is 7. The Morgan fingerprint density at radius 1 is 1.13 bits per heavy atom. The maximum atomic E-state index is 13.7. The first-order valence-electron chi connectivity index (χ1n) is 12.6. The van der Waals surface area contributed by atoms with Crippen LogP contribution in [0.15, 0.2) is 71.8 Å². The van der Waals surface area contributed by atoms with E-state index < -0.39 is 32.3 Å². The van der Waals surface area contributed by atoms with Gasteiger partial charge in [-0.1, -0.05) is 36.4 Å². The number of nitrogens with one attached hydrogen (secondary N) is 2. The van der Waals surface area contributed by atoms with Crippen molar-refractivity contribution in [1.82, 2.24) is 19.2 Å². The van der Waals surface area contributed by atoms with E-state index in [9.17, 15) is 22.8 Å². The molecule has 0 bridgehead atoms. The van der Waals surface area contributed by atoms with E-state index in [-0.39, 0.29) is 23.1 Å². The number of nitrogens with zero attached hydrogens (tertiary/aromatic N) is 2. The van der Waals surface area contributed by atoms with Crippen molar-refractivity contribution >= 4 is 32.7 Å². The Kier molecular flexibility index (Phi) is 6.38. The highest BCUT2D eigenvalue weighted by atomic mass is 32.2. The van der Waals surface area contributed by atoms with Crippen LogP contribution in [0.25, 0.3) is 10.9 Å². The minimum Gasteiger partial charge on any atom is -0.355 e. The first kappa shape index (κ1) is 25.7. The quantitative estimate of drug-likeness (QED) is 0.483. The van der Waals surface area contributed by atoms with E-state index in [1.54, 1.807) is 44.2 Å². The van der Waals surface area contributed by atoms with E-state index >= 15 is 0 Å². The Morgan fingerprint density at radius 2 is 1.89 bits per heavy atom. The van der Waals surface area contributed by atoms with Gasteiger partial charge in [-0.3, -0.25) is 14.4 Å². The minimum atomic E-state index is -3.80. The van der Waals surface area contributed by atoms with Gasteiger partial charge >= 0.3 is 0 Å². The summed E-state index contributed by atoms with van der Waals surface area (Å²) in [5, 5.41) is 6.02. The summed E-state index contributed by atoms with van der Waals surface area (Å²) in [4.78, 5) is 38.8. The lowest BCUT2D eigenvalue weighted by molar-refractivity contribution is 0.0950. The number of hydrogen-bond acceptors (Lipinski definition) is 5. The third-order valence-corrected chi connectivity index (χ3v) is 9.67. The predicted molar refractivity (Wildman–Crippen MR) is 146 cm³/mol. The van der Waals surface area contributed by atoms with Gasteiger partial charge in [0, 0.05) is 30.9 Å². The second kappa shape index (κ2) is 9.43. The number of carbonyl (C=O) groups is 2. The van der Waals surface area contributed by atoms with Crippen molar-refractivity contribution in [3.8, 4) is 0 Å². The number of pyridine rings is 1. The molecule has 2 unspecified atom stereocenters. The topological polar surface area (TPSA) is 119 Å². The Labute approximate surface area is 220 Å². The molecule has 0 spiro atoms. The number of fused-ring (bicyclic) bond motifs is 1. The SMILES string of the molecule is CNC(=O)c1cc(C(=O)NC2CC2)cn(C(C)c2cccc3c2ccn3S(=O)(=O)C2(C)C=CC=CC2)c1=O. The van der Waals surface area contributed by atoms with E-state index in [1.807, 2.05) is 18.2 Å². The number of aromatic nitrogens is 2. The highest BCUT2D eigenvalue weighted by molar-refractivity contribution is 7.91. The maximum absolute atomic E-state index is 13.7. The average molecular weight is 535 g/mol. The maximum Gasteiger partial charge on any atom is 0.264 e. The van der Waals surface area contributed by atoms with Gasteiger partial charge < -0.3 is 15.2 Å². The molecule has 1 fully saturated rings. The fourth-order valence-corrected chi connectivity index (χ4v) is 6.47. The Hall–Kier alpha value is -3.92. The number of benzene rings is 1. The zero-order valence-corrected chi connectivity index (χ0v) is 22.3. The molecule has 0 aliphatic heterocycles. The lowest BCUT2D eigenvalue weighted by atomic mass is 10.0. The van der Waals surface area contributed by atoms with Crippen molar-refractivity contribution in [1.29, 1.82) is 0 Å². The molecule has 1 saturated carbocycles. The largest absolute Gasteiger partial charge is 0.355 e. The van der Waals surface area contributed by atoms with Crippen LogP contribution in [0.1, 0.15) is 65.4 Å². The van der Waals surface area contributed by atoms with Gasteiger partial charge in [-0.2, -0.15) is 0 Å². The first-order valence-corrected chi connectivity index (χ1v) is 14.0. The van der Waals surface area contributed by atoms with Crippen LogP contribution in [0, 0.1) is 0 Å². The monoisotopic (exact) mass is 534 g/mol. The van der Waals surface area contributed by atoms with Crippen LogP contribution < -0.4 is 16.2 Å². The van der Waals surface area contributed by atoms with Crippen LogP contribution >= 0.6 is 0 Å². The predicted octanol–water partition coefficient (Wildman–Crippen LogP) is 3.12. The molecule has 2 aliphatic rings. The summed E-state index contributed by atoms with van der Waals surface area (Å²) in [6.07, 6.45) is 12.2. The van der Waals surface area contributed by atoms with Gasteiger partial charge in [0.25, 0.3) is 17.4 Å². The zero-order chi connectivity index (χ0) is 27.2. The summed E-state index contributed by atoms with van der Waals surface area (Å²) in [6.45, 7) is 3.48. The first-order chi connectivity index (χ1) is 18.1. The summed E-state index contributed by atoms with van der Waals surface area (Å²) in [5.74, 6) is -0.938. The molecule has 2 atom stereocenters. The van der Waals surface area contributed by atoms with E-state index in [0.717, 1.165) is 12.8 Å².